The summed E-state index contributed by atoms with van der Waals surface area (Å²) in [6.07, 6.45) is 2.08. The third-order valence-corrected chi connectivity index (χ3v) is 5.42. The summed E-state index contributed by atoms with van der Waals surface area (Å²) in [7, 11) is 2.17. The summed E-state index contributed by atoms with van der Waals surface area (Å²) in [4.78, 5) is 4.82. The van der Waals surface area contributed by atoms with Crippen molar-refractivity contribution in [3.05, 3.63) is 65.5 Å². The number of rotatable bonds is 2. The molecule has 132 valence electrons. The average molecular weight is 340 g/mol. The molecule has 0 aromatic heterocycles. The maximum Gasteiger partial charge on any atom is 0.124 e. The molecule has 0 aliphatic carbocycles. The molecule has 4 heteroatoms. The van der Waals surface area contributed by atoms with Gasteiger partial charge in [0.15, 0.2) is 0 Å². The van der Waals surface area contributed by atoms with Crippen LogP contribution in [0.2, 0.25) is 0 Å². The van der Waals surface area contributed by atoms with Gasteiger partial charge in [-0.15, -0.1) is 0 Å². The molecule has 25 heavy (non-hydrogen) atoms. The monoisotopic (exact) mass is 340 g/mol. The number of para-hydroxylation sites is 1. The zero-order valence-corrected chi connectivity index (χ0v) is 14.7. The van der Waals surface area contributed by atoms with Crippen LogP contribution in [-0.4, -0.2) is 42.1 Å². The SMILES string of the molecule is CN1CCC2(CC1)CN(Cc1ccc(F)cc1)Cc1ccccc1O2. The van der Waals surface area contributed by atoms with E-state index in [1.165, 1.54) is 5.56 Å². The first-order valence-electron chi connectivity index (χ1n) is 9.04. The Labute approximate surface area is 149 Å². The lowest BCUT2D eigenvalue weighted by Gasteiger charge is -2.42. The molecule has 3 nitrogen and oxygen atoms in total. The summed E-state index contributed by atoms with van der Waals surface area (Å²) in [5, 5.41) is 0. The topological polar surface area (TPSA) is 15.7 Å². The number of benzene rings is 2. The van der Waals surface area contributed by atoms with Crippen LogP contribution in [0.5, 0.6) is 5.75 Å². The lowest BCUT2D eigenvalue weighted by atomic mass is 9.90. The molecule has 2 aliphatic rings. The fourth-order valence-electron chi connectivity index (χ4n) is 3.95. The Bertz CT molecular complexity index is 723. The summed E-state index contributed by atoms with van der Waals surface area (Å²) in [5.41, 5.74) is 2.25. The van der Waals surface area contributed by atoms with Crippen LogP contribution >= 0.6 is 0 Å². The van der Waals surface area contributed by atoms with Crippen LogP contribution in [0.1, 0.15) is 24.0 Å². The van der Waals surface area contributed by atoms with Crippen molar-refractivity contribution >= 4 is 0 Å². The van der Waals surface area contributed by atoms with Crippen molar-refractivity contribution < 1.29 is 9.13 Å². The summed E-state index contributed by atoms with van der Waals surface area (Å²) in [5.74, 6) is 0.841. The Morgan fingerprint density at radius 2 is 1.76 bits per heavy atom. The summed E-state index contributed by atoms with van der Waals surface area (Å²) in [6, 6.07) is 15.2. The number of likely N-dealkylation sites (tertiary alicyclic amines) is 1. The minimum absolute atomic E-state index is 0.126. The van der Waals surface area contributed by atoms with Crippen LogP contribution in [0.4, 0.5) is 4.39 Å². The van der Waals surface area contributed by atoms with E-state index in [1.54, 1.807) is 12.1 Å². The van der Waals surface area contributed by atoms with Crippen LogP contribution in [-0.2, 0) is 13.1 Å². The molecule has 1 saturated heterocycles. The molecule has 0 atom stereocenters. The molecule has 1 spiro atoms. The molecule has 0 saturated carbocycles. The van der Waals surface area contributed by atoms with Crippen LogP contribution in [0.15, 0.2) is 48.5 Å². The van der Waals surface area contributed by atoms with Crippen molar-refractivity contribution in [3.63, 3.8) is 0 Å². The van der Waals surface area contributed by atoms with Crippen LogP contribution in [0.25, 0.3) is 0 Å². The minimum Gasteiger partial charge on any atom is -0.486 e. The largest absolute Gasteiger partial charge is 0.486 e. The molecule has 2 aromatic rings. The molecule has 2 heterocycles. The Kier molecular flexibility index (Phi) is 4.48. The van der Waals surface area contributed by atoms with E-state index in [9.17, 15) is 4.39 Å². The van der Waals surface area contributed by atoms with Gasteiger partial charge < -0.3 is 9.64 Å². The van der Waals surface area contributed by atoms with E-state index in [1.807, 2.05) is 12.1 Å². The van der Waals surface area contributed by atoms with Crippen molar-refractivity contribution in [2.45, 2.75) is 31.5 Å². The Morgan fingerprint density at radius 1 is 1.04 bits per heavy atom. The number of piperidine rings is 1. The van der Waals surface area contributed by atoms with Crippen molar-refractivity contribution in [1.29, 1.82) is 0 Å². The van der Waals surface area contributed by atoms with E-state index in [0.29, 0.717) is 0 Å². The fourth-order valence-corrected chi connectivity index (χ4v) is 3.95. The second kappa shape index (κ2) is 6.77. The fraction of sp³-hybridized carbons (Fsp3) is 0.429. The molecule has 0 amide bonds. The molecule has 0 radical (unpaired) electrons. The van der Waals surface area contributed by atoms with Crippen LogP contribution in [0, 0.1) is 5.82 Å². The van der Waals surface area contributed by atoms with E-state index in [4.69, 9.17) is 4.74 Å². The Morgan fingerprint density at radius 3 is 2.52 bits per heavy atom. The molecular weight excluding hydrogens is 315 g/mol. The zero-order valence-electron chi connectivity index (χ0n) is 14.7. The smallest absolute Gasteiger partial charge is 0.124 e. The predicted molar refractivity (Wildman–Crippen MR) is 97.0 cm³/mol. The highest BCUT2D eigenvalue weighted by atomic mass is 19.1. The first-order valence-corrected chi connectivity index (χ1v) is 9.04. The second-order valence-electron chi connectivity index (χ2n) is 7.47. The number of nitrogens with zero attached hydrogens (tertiary/aromatic N) is 2. The number of halogens is 1. The normalized spacial score (nSPS) is 20.7. The highest BCUT2D eigenvalue weighted by Crippen LogP contribution is 2.35. The number of hydrogen-bond acceptors (Lipinski definition) is 3. The molecule has 0 unspecified atom stereocenters. The van der Waals surface area contributed by atoms with Gasteiger partial charge in [-0.05, 0) is 30.8 Å². The quantitative estimate of drug-likeness (QED) is 0.829. The first kappa shape index (κ1) is 16.6. The first-order chi connectivity index (χ1) is 12.1. The highest BCUT2D eigenvalue weighted by molar-refractivity contribution is 5.35. The number of ether oxygens (including phenoxy) is 1. The second-order valence-corrected chi connectivity index (χ2v) is 7.47. The maximum atomic E-state index is 13.2. The Hall–Kier alpha value is -1.91. The summed E-state index contributed by atoms with van der Waals surface area (Å²) < 4.78 is 19.8. The molecule has 1 fully saturated rings. The molecule has 2 aliphatic heterocycles. The average Bonchev–Trinajstić information content (AvgIpc) is 2.76. The van der Waals surface area contributed by atoms with Gasteiger partial charge in [0.25, 0.3) is 0 Å². The molecular formula is C21H25FN2O. The van der Waals surface area contributed by atoms with Gasteiger partial charge >= 0.3 is 0 Å². The zero-order chi connectivity index (χ0) is 17.3. The van der Waals surface area contributed by atoms with Crippen LogP contribution < -0.4 is 4.74 Å². The van der Waals surface area contributed by atoms with Gasteiger partial charge in [-0.2, -0.15) is 0 Å². The van der Waals surface area contributed by atoms with Gasteiger partial charge in [0.1, 0.15) is 17.2 Å². The summed E-state index contributed by atoms with van der Waals surface area (Å²) in [6.45, 7) is 4.71. The third kappa shape index (κ3) is 3.70. The Balaban J connectivity index is 1.61. The highest BCUT2D eigenvalue weighted by Gasteiger charge is 2.39. The van der Waals surface area contributed by atoms with E-state index < -0.39 is 0 Å². The lowest BCUT2D eigenvalue weighted by molar-refractivity contribution is -0.0146. The lowest BCUT2D eigenvalue weighted by Crippen LogP contribution is -2.52. The van der Waals surface area contributed by atoms with E-state index >= 15 is 0 Å². The van der Waals surface area contributed by atoms with Crippen molar-refractivity contribution in [2.24, 2.45) is 0 Å². The number of hydrogen-bond donors (Lipinski definition) is 0. The van der Waals surface area contributed by atoms with Crippen molar-refractivity contribution in [2.75, 3.05) is 26.7 Å². The molecule has 0 N–H and O–H groups in total. The summed E-state index contributed by atoms with van der Waals surface area (Å²) >= 11 is 0. The van der Waals surface area contributed by atoms with E-state index in [2.05, 4.69) is 41.1 Å². The molecule has 0 bridgehead atoms. The van der Waals surface area contributed by atoms with Crippen molar-refractivity contribution in [1.82, 2.24) is 9.80 Å². The third-order valence-electron chi connectivity index (χ3n) is 5.42. The van der Waals surface area contributed by atoms with E-state index in [0.717, 1.165) is 56.9 Å². The van der Waals surface area contributed by atoms with Gasteiger partial charge in [0.05, 0.1) is 0 Å². The van der Waals surface area contributed by atoms with Gasteiger partial charge in [0.2, 0.25) is 0 Å². The van der Waals surface area contributed by atoms with Gasteiger partial charge in [-0.1, -0.05) is 30.3 Å². The van der Waals surface area contributed by atoms with E-state index in [-0.39, 0.29) is 11.4 Å². The van der Waals surface area contributed by atoms with Gasteiger partial charge in [0, 0.05) is 51.1 Å². The number of fused-ring (bicyclic) bond motifs is 1. The minimum atomic E-state index is -0.180. The predicted octanol–water partition coefficient (Wildman–Crippen LogP) is 3.68. The standard InChI is InChI=1S/C21H25FN2O/c1-23-12-10-21(11-13-23)16-24(14-17-6-8-19(22)9-7-17)15-18-4-2-3-5-20(18)25-21/h2-9H,10-16H2,1H3. The van der Waals surface area contributed by atoms with Gasteiger partial charge in [-0.25, -0.2) is 4.39 Å². The molecule has 2 aromatic carbocycles. The molecule has 4 rings (SSSR count). The maximum absolute atomic E-state index is 13.2. The van der Waals surface area contributed by atoms with Gasteiger partial charge in [-0.3, -0.25) is 4.90 Å². The van der Waals surface area contributed by atoms with Crippen molar-refractivity contribution in [3.8, 4) is 5.75 Å². The van der Waals surface area contributed by atoms with Crippen LogP contribution in [0.3, 0.4) is 0 Å².